The van der Waals surface area contributed by atoms with Crippen molar-refractivity contribution in [2.45, 2.75) is 32.9 Å². The van der Waals surface area contributed by atoms with Gasteiger partial charge in [0, 0.05) is 47.8 Å². The van der Waals surface area contributed by atoms with Gasteiger partial charge in [-0.1, -0.05) is 6.92 Å². The quantitative estimate of drug-likeness (QED) is 0.803. The second kappa shape index (κ2) is 5.90. The van der Waals surface area contributed by atoms with Crippen LogP contribution in [0.15, 0.2) is 12.4 Å². The molecule has 1 rings (SSSR count). The van der Waals surface area contributed by atoms with Gasteiger partial charge in [-0.15, -0.1) is 0 Å². The molecule has 0 bridgehead atoms. The molecular formula is C10H19N3OS. The van der Waals surface area contributed by atoms with Crippen molar-refractivity contribution >= 4 is 16.7 Å². The fourth-order valence-electron chi connectivity index (χ4n) is 1.48. The third-order valence-electron chi connectivity index (χ3n) is 2.04. The van der Waals surface area contributed by atoms with E-state index in [1.807, 2.05) is 13.1 Å². The minimum Gasteiger partial charge on any atom is -0.352 e. The fraction of sp³-hybridized carbons (Fsp3) is 0.700. The molecule has 15 heavy (non-hydrogen) atoms. The van der Waals surface area contributed by atoms with Gasteiger partial charge in [0.1, 0.15) is 0 Å². The lowest BCUT2D eigenvalue weighted by molar-refractivity contribution is 0.670. The Balaban J connectivity index is 2.55. The number of hydrogen-bond donors (Lipinski definition) is 1. The molecule has 0 aromatic carbocycles. The Morgan fingerprint density at radius 1 is 1.67 bits per heavy atom. The van der Waals surface area contributed by atoms with E-state index in [-0.39, 0.29) is 6.04 Å². The third-order valence-corrected chi connectivity index (χ3v) is 3.01. The highest BCUT2D eigenvalue weighted by Gasteiger charge is 2.07. The molecule has 2 unspecified atom stereocenters. The fourth-order valence-corrected chi connectivity index (χ4v) is 2.27. The summed E-state index contributed by atoms with van der Waals surface area (Å²) >= 11 is 0. The van der Waals surface area contributed by atoms with Gasteiger partial charge in [0.2, 0.25) is 5.95 Å². The maximum atomic E-state index is 11.0. The molecule has 1 aromatic rings. The van der Waals surface area contributed by atoms with Crippen LogP contribution in [0.1, 0.15) is 20.3 Å². The number of hydrogen-bond acceptors (Lipinski definition) is 3. The second-order valence-electron chi connectivity index (χ2n) is 3.73. The number of anilines is 1. The van der Waals surface area contributed by atoms with Gasteiger partial charge in [-0.3, -0.25) is 4.21 Å². The van der Waals surface area contributed by atoms with Gasteiger partial charge in [-0.2, -0.15) is 0 Å². The van der Waals surface area contributed by atoms with Crippen LogP contribution in [-0.2, 0) is 17.3 Å². The van der Waals surface area contributed by atoms with Crippen LogP contribution in [0.2, 0.25) is 0 Å². The van der Waals surface area contributed by atoms with Crippen molar-refractivity contribution in [3.05, 3.63) is 12.4 Å². The smallest absolute Gasteiger partial charge is 0.203 e. The molecule has 2 atom stereocenters. The Bertz CT molecular complexity index is 324. The summed E-state index contributed by atoms with van der Waals surface area (Å²) in [4.78, 5) is 4.23. The van der Waals surface area contributed by atoms with Crippen molar-refractivity contribution < 1.29 is 4.21 Å². The summed E-state index contributed by atoms with van der Waals surface area (Å²) < 4.78 is 13.1. The van der Waals surface area contributed by atoms with Crippen molar-refractivity contribution in [2.75, 3.05) is 17.3 Å². The average Bonchev–Trinajstić information content (AvgIpc) is 2.52. The van der Waals surface area contributed by atoms with Crippen molar-refractivity contribution in [2.24, 2.45) is 0 Å². The molecule has 86 valence electrons. The molecule has 0 saturated carbocycles. The van der Waals surface area contributed by atoms with E-state index in [0.717, 1.165) is 18.9 Å². The Morgan fingerprint density at radius 2 is 2.40 bits per heavy atom. The molecule has 0 saturated heterocycles. The van der Waals surface area contributed by atoms with E-state index < -0.39 is 10.8 Å². The lowest BCUT2D eigenvalue weighted by Gasteiger charge is -2.14. The normalized spacial score (nSPS) is 14.9. The first-order valence-electron chi connectivity index (χ1n) is 5.21. The molecule has 0 amide bonds. The molecule has 0 aliphatic rings. The van der Waals surface area contributed by atoms with Crippen molar-refractivity contribution in [3.8, 4) is 0 Å². The van der Waals surface area contributed by atoms with Gasteiger partial charge in [0.05, 0.1) is 0 Å². The number of imidazole rings is 1. The lowest BCUT2D eigenvalue weighted by Crippen LogP contribution is -2.24. The number of aryl methyl sites for hydroxylation is 1. The molecule has 0 fully saturated rings. The number of aromatic nitrogens is 2. The van der Waals surface area contributed by atoms with Crippen LogP contribution in [0.5, 0.6) is 0 Å². The topological polar surface area (TPSA) is 46.9 Å². The summed E-state index contributed by atoms with van der Waals surface area (Å²) in [7, 11) is -0.767. The van der Waals surface area contributed by atoms with Gasteiger partial charge in [0.15, 0.2) is 0 Å². The molecule has 1 aromatic heterocycles. The lowest BCUT2D eigenvalue weighted by atomic mass is 10.4. The number of nitrogens with zero attached hydrogens (tertiary/aromatic N) is 2. The van der Waals surface area contributed by atoms with E-state index in [4.69, 9.17) is 0 Å². The van der Waals surface area contributed by atoms with E-state index in [0.29, 0.717) is 5.75 Å². The van der Waals surface area contributed by atoms with Gasteiger partial charge >= 0.3 is 0 Å². The van der Waals surface area contributed by atoms with Crippen LogP contribution in [0.4, 0.5) is 5.95 Å². The Labute approximate surface area is 93.5 Å². The minimum absolute atomic E-state index is 0.189. The highest BCUT2D eigenvalue weighted by molar-refractivity contribution is 7.84. The summed E-state index contributed by atoms with van der Waals surface area (Å²) in [6.07, 6.45) is 6.55. The van der Waals surface area contributed by atoms with E-state index in [1.54, 1.807) is 12.5 Å². The van der Waals surface area contributed by atoms with Crippen molar-refractivity contribution in [3.63, 3.8) is 0 Å². The maximum absolute atomic E-state index is 11.0. The summed E-state index contributed by atoms with van der Waals surface area (Å²) in [5.41, 5.74) is 0. The third kappa shape index (κ3) is 4.03. The van der Waals surface area contributed by atoms with Gasteiger partial charge in [-0.25, -0.2) is 4.98 Å². The Hall–Kier alpha value is -0.840. The maximum Gasteiger partial charge on any atom is 0.203 e. The SMILES string of the molecule is CCCn1ccnc1NC(C)CS(C)=O. The summed E-state index contributed by atoms with van der Waals surface area (Å²) in [6.45, 7) is 5.12. The summed E-state index contributed by atoms with van der Waals surface area (Å²) in [5.74, 6) is 1.52. The van der Waals surface area contributed by atoms with E-state index in [2.05, 4.69) is 21.8 Å². The zero-order valence-electron chi connectivity index (χ0n) is 9.56. The standard InChI is InChI=1S/C10H19N3OS/c1-4-6-13-7-5-11-10(13)12-9(2)8-15(3)14/h5,7,9H,4,6,8H2,1-3H3,(H,11,12). The van der Waals surface area contributed by atoms with Crippen LogP contribution >= 0.6 is 0 Å². The highest BCUT2D eigenvalue weighted by atomic mass is 32.2. The molecule has 4 nitrogen and oxygen atoms in total. The van der Waals surface area contributed by atoms with Crippen LogP contribution in [0.25, 0.3) is 0 Å². The molecule has 1 N–H and O–H groups in total. The molecular weight excluding hydrogens is 210 g/mol. The molecule has 0 aliphatic carbocycles. The summed E-state index contributed by atoms with van der Waals surface area (Å²) in [6, 6.07) is 0.189. The number of rotatable bonds is 6. The average molecular weight is 229 g/mol. The predicted molar refractivity (Wildman–Crippen MR) is 64.5 cm³/mol. The van der Waals surface area contributed by atoms with E-state index >= 15 is 0 Å². The Kier molecular flexibility index (Phi) is 4.81. The molecule has 5 heteroatoms. The molecule has 1 heterocycles. The summed E-state index contributed by atoms with van der Waals surface area (Å²) in [5, 5.41) is 3.27. The largest absolute Gasteiger partial charge is 0.352 e. The van der Waals surface area contributed by atoms with Gasteiger partial charge in [0.25, 0.3) is 0 Å². The highest BCUT2D eigenvalue weighted by Crippen LogP contribution is 2.07. The van der Waals surface area contributed by atoms with Crippen LogP contribution in [0.3, 0.4) is 0 Å². The first kappa shape index (κ1) is 12.2. The molecule has 0 spiro atoms. The predicted octanol–water partition coefficient (Wildman–Crippen LogP) is 1.47. The van der Waals surface area contributed by atoms with Gasteiger partial charge in [-0.05, 0) is 13.3 Å². The minimum atomic E-state index is -0.767. The van der Waals surface area contributed by atoms with Crippen molar-refractivity contribution in [1.82, 2.24) is 9.55 Å². The van der Waals surface area contributed by atoms with Crippen LogP contribution in [-0.4, -0.2) is 31.8 Å². The monoisotopic (exact) mass is 229 g/mol. The zero-order valence-corrected chi connectivity index (χ0v) is 10.4. The first-order valence-corrected chi connectivity index (χ1v) is 6.94. The first-order chi connectivity index (χ1) is 7.13. The van der Waals surface area contributed by atoms with E-state index in [1.165, 1.54) is 0 Å². The zero-order chi connectivity index (χ0) is 11.3. The number of nitrogens with one attached hydrogen (secondary N) is 1. The Morgan fingerprint density at radius 3 is 3.00 bits per heavy atom. The molecule has 0 radical (unpaired) electrons. The van der Waals surface area contributed by atoms with Crippen molar-refractivity contribution in [1.29, 1.82) is 0 Å². The second-order valence-corrected chi connectivity index (χ2v) is 5.21. The molecule has 0 aliphatic heterocycles. The van der Waals surface area contributed by atoms with Crippen LogP contribution < -0.4 is 5.32 Å². The van der Waals surface area contributed by atoms with Gasteiger partial charge < -0.3 is 9.88 Å². The van der Waals surface area contributed by atoms with E-state index in [9.17, 15) is 4.21 Å². The van der Waals surface area contributed by atoms with Crippen LogP contribution in [0, 0.1) is 0 Å².